The lowest BCUT2D eigenvalue weighted by atomic mass is 10.0. The van der Waals surface area contributed by atoms with Crippen LogP contribution in [0.15, 0.2) is 140 Å². The van der Waals surface area contributed by atoms with E-state index in [4.69, 9.17) is 14.2 Å². The summed E-state index contributed by atoms with van der Waals surface area (Å²) in [6, 6.07) is 35.4. The van der Waals surface area contributed by atoms with Crippen LogP contribution in [0, 0.1) is 0 Å². The highest BCUT2D eigenvalue weighted by Gasteiger charge is 2.22. The number of benzene rings is 3. The van der Waals surface area contributed by atoms with Crippen LogP contribution in [-0.4, -0.2) is 83.9 Å². The summed E-state index contributed by atoms with van der Waals surface area (Å²) in [6.45, 7) is 22.9. The molecule has 0 N–H and O–H groups in total. The van der Waals surface area contributed by atoms with Crippen molar-refractivity contribution in [3.63, 3.8) is 0 Å². The predicted molar refractivity (Wildman–Crippen MR) is 269 cm³/mol. The van der Waals surface area contributed by atoms with Crippen molar-refractivity contribution in [2.45, 2.75) is 92.6 Å². The second-order valence-electron chi connectivity index (χ2n) is 17.2. The number of rotatable bonds is 12. The number of pyridine rings is 3. The number of para-hydroxylation sites is 2. The standard InChI is InChI=1S/C24H34N2O3.C12H13N.C10H12N2.C8H11N.CH4/c1-19(2)20-9-11-21(12-10-20)29-18-22(27-3)17-25-13-15-26(16-14-25)23-7-5-6-8-24(23)28-4;1-9(2)10-5-6-12-11(8-10)4-3-7-13-12;1-8(2)9-3-4-10-11-5-6-12(10)7-9;1-7(2)8-3-5-9-6-4-8;/h5-12,19,22H,13-18H2,1-4H3;3-9H,1-2H3;3-8H,1-2H3;3-7H,1-2H3;1H4. The average Bonchev–Trinajstić information content (AvgIpc) is 3.80. The van der Waals surface area contributed by atoms with Crippen molar-refractivity contribution in [1.82, 2.24) is 24.3 Å². The Morgan fingerprint density at radius 3 is 1.84 bits per heavy atom. The Balaban J connectivity index is 0.000000211. The van der Waals surface area contributed by atoms with Gasteiger partial charge in [0.1, 0.15) is 29.9 Å². The number of hydrogen-bond acceptors (Lipinski definition) is 8. The molecule has 1 aliphatic heterocycles. The number of anilines is 1. The van der Waals surface area contributed by atoms with E-state index in [9.17, 15) is 0 Å². The molecule has 1 saturated heterocycles. The van der Waals surface area contributed by atoms with E-state index in [0.29, 0.717) is 30.3 Å². The van der Waals surface area contributed by atoms with Gasteiger partial charge in [-0.15, -0.1) is 0 Å². The molecule has 8 rings (SSSR count). The first-order valence-electron chi connectivity index (χ1n) is 22.5. The highest BCUT2D eigenvalue weighted by atomic mass is 16.5. The van der Waals surface area contributed by atoms with Crippen molar-refractivity contribution < 1.29 is 14.2 Å². The summed E-state index contributed by atoms with van der Waals surface area (Å²) in [6.07, 6.45) is 11.5. The van der Waals surface area contributed by atoms with Crippen molar-refractivity contribution >= 4 is 22.2 Å². The van der Waals surface area contributed by atoms with Gasteiger partial charge in [-0.05, 0) is 107 Å². The smallest absolute Gasteiger partial charge is 0.142 e. The summed E-state index contributed by atoms with van der Waals surface area (Å²) in [5.74, 6) is 4.16. The molecule has 1 aliphatic rings. The predicted octanol–water partition coefficient (Wildman–Crippen LogP) is 12.7. The highest BCUT2D eigenvalue weighted by molar-refractivity contribution is 5.79. The third-order valence-electron chi connectivity index (χ3n) is 11.3. The molecular formula is C55H74N6O3. The van der Waals surface area contributed by atoms with Gasteiger partial charge in [0.25, 0.3) is 0 Å². The molecule has 0 spiro atoms. The van der Waals surface area contributed by atoms with E-state index in [-0.39, 0.29) is 13.5 Å². The maximum absolute atomic E-state index is 5.98. The van der Waals surface area contributed by atoms with Gasteiger partial charge in [-0.3, -0.25) is 14.9 Å². The summed E-state index contributed by atoms with van der Waals surface area (Å²) >= 11 is 0. The maximum atomic E-state index is 5.98. The van der Waals surface area contributed by atoms with Crippen LogP contribution in [0.25, 0.3) is 16.6 Å². The molecule has 0 bridgehead atoms. The minimum absolute atomic E-state index is 0. The topological polar surface area (TPSA) is 77.3 Å². The van der Waals surface area contributed by atoms with Gasteiger partial charge in [0.05, 0.1) is 18.3 Å². The molecule has 9 nitrogen and oxygen atoms in total. The molecule has 0 radical (unpaired) electrons. The summed E-state index contributed by atoms with van der Waals surface area (Å²) in [7, 11) is 3.50. The van der Waals surface area contributed by atoms with Gasteiger partial charge in [-0.25, -0.2) is 4.98 Å². The Labute approximate surface area is 384 Å². The van der Waals surface area contributed by atoms with E-state index in [0.717, 1.165) is 55.4 Å². The highest BCUT2D eigenvalue weighted by Crippen LogP contribution is 2.28. The Morgan fingerprint density at radius 2 is 1.22 bits per heavy atom. The molecule has 1 atom stereocenters. The number of piperazine rings is 1. The summed E-state index contributed by atoms with van der Waals surface area (Å²) in [4.78, 5) is 17.2. The fraction of sp³-hybridized carbons (Fsp3) is 0.400. The van der Waals surface area contributed by atoms with E-state index >= 15 is 0 Å². The minimum atomic E-state index is 0. The Hall–Kier alpha value is -5.77. The first-order valence-corrected chi connectivity index (χ1v) is 22.5. The van der Waals surface area contributed by atoms with E-state index in [2.05, 4.69) is 151 Å². The second kappa shape index (κ2) is 26.1. The van der Waals surface area contributed by atoms with Crippen LogP contribution in [-0.2, 0) is 4.74 Å². The molecule has 1 fully saturated rings. The first kappa shape index (κ1) is 50.9. The first-order chi connectivity index (χ1) is 30.4. The lowest BCUT2D eigenvalue weighted by Crippen LogP contribution is -2.49. The largest absolute Gasteiger partial charge is 0.495 e. The number of methoxy groups -OCH3 is 2. The van der Waals surface area contributed by atoms with Crippen LogP contribution < -0.4 is 14.4 Å². The number of nitrogens with zero attached hydrogens (tertiary/aromatic N) is 6. The van der Waals surface area contributed by atoms with Gasteiger partial charge in [0, 0.05) is 82.4 Å². The number of aromatic nitrogens is 4. The Bertz CT molecular complexity index is 2350. The van der Waals surface area contributed by atoms with E-state index in [1.807, 2.05) is 73.4 Å². The van der Waals surface area contributed by atoms with Gasteiger partial charge < -0.3 is 23.5 Å². The van der Waals surface area contributed by atoms with E-state index in [1.165, 1.54) is 33.3 Å². The van der Waals surface area contributed by atoms with Gasteiger partial charge in [-0.1, -0.05) is 105 Å². The fourth-order valence-corrected chi connectivity index (χ4v) is 7.16. The van der Waals surface area contributed by atoms with Crippen molar-refractivity contribution in [3.8, 4) is 11.5 Å². The lowest BCUT2D eigenvalue weighted by molar-refractivity contribution is 0.0281. The third-order valence-corrected chi connectivity index (χ3v) is 11.3. The number of imidazole rings is 1. The van der Waals surface area contributed by atoms with Crippen LogP contribution in [0.3, 0.4) is 0 Å². The van der Waals surface area contributed by atoms with E-state index in [1.54, 1.807) is 14.2 Å². The summed E-state index contributed by atoms with van der Waals surface area (Å²) in [5.41, 5.74) is 8.66. The molecule has 4 aromatic heterocycles. The van der Waals surface area contributed by atoms with Gasteiger partial charge >= 0.3 is 0 Å². The zero-order valence-corrected chi connectivity index (χ0v) is 39.3. The summed E-state index contributed by atoms with van der Waals surface area (Å²) in [5, 5.41) is 1.23. The molecule has 5 heterocycles. The minimum Gasteiger partial charge on any atom is -0.495 e. The SMILES string of the molecule is C.CC(C)c1ccc2ncccc2c1.CC(C)c1ccc2nccn2c1.CC(C)c1ccncc1.COc1ccccc1N1CCN(CC(COc2ccc(C(C)C)cc2)OC)CC1. The van der Waals surface area contributed by atoms with Gasteiger partial charge in [-0.2, -0.15) is 0 Å². The fourth-order valence-electron chi connectivity index (χ4n) is 7.16. The van der Waals surface area contributed by atoms with Gasteiger partial charge in [0.15, 0.2) is 0 Å². The van der Waals surface area contributed by atoms with Crippen molar-refractivity contribution in [1.29, 1.82) is 0 Å². The van der Waals surface area contributed by atoms with Crippen molar-refractivity contribution in [2.24, 2.45) is 0 Å². The Kier molecular flexibility index (Phi) is 20.8. The summed E-state index contributed by atoms with van der Waals surface area (Å²) < 4.78 is 19.2. The van der Waals surface area contributed by atoms with Crippen molar-refractivity contribution in [3.05, 3.63) is 163 Å². The Morgan fingerprint density at radius 1 is 0.594 bits per heavy atom. The molecular weight excluding hydrogens is 793 g/mol. The number of ether oxygens (including phenoxy) is 3. The normalized spacial score (nSPS) is 13.1. The van der Waals surface area contributed by atoms with E-state index < -0.39 is 0 Å². The number of hydrogen-bond donors (Lipinski definition) is 0. The molecule has 0 amide bonds. The van der Waals surface area contributed by atoms with Crippen molar-refractivity contribution in [2.75, 3.05) is 58.5 Å². The van der Waals surface area contributed by atoms with Crippen LogP contribution in [0.4, 0.5) is 5.69 Å². The zero-order valence-electron chi connectivity index (χ0n) is 39.3. The van der Waals surface area contributed by atoms with Crippen LogP contribution in [0.5, 0.6) is 11.5 Å². The van der Waals surface area contributed by atoms with Crippen LogP contribution >= 0.6 is 0 Å². The molecule has 342 valence electrons. The van der Waals surface area contributed by atoms with Crippen LogP contribution in [0.2, 0.25) is 0 Å². The molecule has 1 unspecified atom stereocenters. The third kappa shape index (κ3) is 15.5. The quantitative estimate of drug-likeness (QED) is 0.120. The molecule has 3 aromatic carbocycles. The zero-order chi connectivity index (χ0) is 45.1. The lowest BCUT2D eigenvalue weighted by Gasteiger charge is -2.37. The average molecular weight is 867 g/mol. The van der Waals surface area contributed by atoms with Gasteiger partial charge in [0.2, 0.25) is 0 Å². The molecule has 64 heavy (non-hydrogen) atoms. The molecule has 9 heteroatoms. The number of fused-ring (bicyclic) bond motifs is 2. The molecule has 0 aliphatic carbocycles. The second-order valence-corrected chi connectivity index (χ2v) is 17.2. The van der Waals surface area contributed by atoms with Crippen LogP contribution in [0.1, 0.15) is 109 Å². The molecule has 0 saturated carbocycles. The molecule has 7 aromatic rings. The monoisotopic (exact) mass is 867 g/mol. The maximum Gasteiger partial charge on any atom is 0.142 e.